The number of carbonyl (C=O) groups excluding carboxylic acids is 1. The highest BCUT2D eigenvalue weighted by molar-refractivity contribution is 5.95. The largest absolute Gasteiger partial charge is 0.481 e. The number of amides is 1. The van der Waals surface area contributed by atoms with Crippen LogP contribution < -0.4 is 10.6 Å². The third-order valence-corrected chi connectivity index (χ3v) is 5.46. The van der Waals surface area contributed by atoms with E-state index < -0.39 is 5.97 Å². The van der Waals surface area contributed by atoms with Gasteiger partial charge in [-0.1, -0.05) is 24.3 Å². The maximum Gasteiger partial charge on any atom is 0.305 e. The van der Waals surface area contributed by atoms with E-state index in [9.17, 15) is 14.0 Å². The Balaban J connectivity index is 1.60. The predicted molar refractivity (Wildman–Crippen MR) is 104 cm³/mol. The van der Waals surface area contributed by atoms with Crippen LogP contribution in [0, 0.1) is 11.7 Å². The highest BCUT2D eigenvalue weighted by atomic mass is 19.1. The SMILES string of the molecule is O=C(O)CCNC(=O)c1ccc2c(c1)C1C=CCC1C(c1cccc(F)c1)N2. The van der Waals surface area contributed by atoms with E-state index in [-0.39, 0.29) is 42.6 Å². The molecule has 0 saturated carbocycles. The lowest BCUT2D eigenvalue weighted by Crippen LogP contribution is -2.30. The Kier molecular flexibility index (Phi) is 4.86. The van der Waals surface area contributed by atoms with E-state index in [1.165, 1.54) is 6.07 Å². The number of carbonyl (C=O) groups is 2. The van der Waals surface area contributed by atoms with Crippen molar-refractivity contribution >= 4 is 17.6 Å². The molecule has 0 fully saturated rings. The molecule has 0 radical (unpaired) electrons. The molecule has 3 atom stereocenters. The molecule has 4 rings (SSSR count). The van der Waals surface area contributed by atoms with Crippen LogP contribution in [0.3, 0.4) is 0 Å². The Morgan fingerprint density at radius 2 is 2.07 bits per heavy atom. The number of benzene rings is 2. The topological polar surface area (TPSA) is 78.4 Å². The van der Waals surface area contributed by atoms with Gasteiger partial charge in [-0.25, -0.2) is 4.39 Å². The molecule has 28 heavy (non-hydrogen) atoms. The first-order valence-corrected chi connectivity index (χ1v) is 9.35. The molecule has 2 aromatic rings. The minimum atomic E-state index is -0.947. The zero-order valence-electron chi connectivity index (χ0n) is 15.2. The summed E-state index contributed by atoms with van der Waals surface area (Å²) in [5.74, 6) is -1.08. The maximum absolute atomic E-state index is 13.7. The van der Waals surface area contributed by atoms with Crippen molar-refractivity contribution in [3.8, 4) is 0 Å². The van der Waals surface area contributed by atoms with Crippen molar-refractivity contribution in [2.45, 2.75) is 24.8 Å². The quantitative estimate of drug-likeness (QED) is 0.689. The minimum absolute atomic E-state index is 0.00144. The summed E-state index contributed by atoms with van der Waals surface area (Å²) in [6.07, 6.45) is 5.06. The second-order valence-corrected chi connectivity index (χ2v) is 7.23. The van der Waals surface area contributed by atoms with E-state index in [1.807, 2.05) is 18.2 Å². The second-order valence-electron chi connectivity index (χ2n) is 7.23. The summed E-state index contributed by atoms with van der Waals surface area (Å²) in [5.41, 5.74) is 3.40. The number of aliphatic carboxylic acids is 1. The van der Waals surface area contributed by atoms with Gasteiger partial charge >= 0.3 is 5.97 Å². The molecule has 1 aliphatic heterocycles. The van der Waals surface area contributed by atoms with E-state index in [4.69, 9.17) is 5.11 Å². The molecular weight excluding hydrogens is 359 g/mol. The number of rotatable bonds is 5. The van der Waals surface area contributed by atoms with Gasteiger partial charge in [0.1, 0.15) is 5.82 Å². The average molecular weight is 380 g/mol. The van der Waals surface area contributed by atoms with Crippen molar-refractivity contribution in [1.82, 2.24) is 5.32 Å². The van der Waals surface area contributed by atoms with Crippen LogP contribution >= 0.6 is 0 Å². The molecule has 1 aliphatic carbocycles. The Labute approximate surface area is 162 Å². The molecule has 0 spiro atoms. The van der Waals surface area contributed by atoms with Crippen LogP contribution in [0.15, 0.2) is 54.6 Å². The number of nitrogens with one attached hydrogen (secondary N) is 2. The van der Waals surface area contributed by atoms with Crippen LogP contribution in [0.2, 0.25) is 0 Å². The third kappa shape index (κ3) is 3.50. The molecule has 6 heteroatoms. The zero-order chi connectivity index (χ0) is 19.7. The Bertz CT molecular complexity index is 957. The summed E-state index contributed by atoms with van der Waals surface area (Å²) in [6, 6.07) is 12.1. The number of carboxylic acids is 1. The average Bonchev–Trinajstić information content (AvgIpc) is 3.16. The van der Waals surface area contributed by atoms with E-state index in [2.05, 4.69) is 22.8 Å². The van der Waals surface area contributed by atoms with Gasteiger partial charge in [0.2, 0.25) is 0 Å². The summed E-state index contributed by atoms with van der Waals surface area (Å²) in [6.45, 7) is 0.0943. The lowest BCUT2D eigenvalue weighted by atomic mass is 9.76. The number of anilines is 1. The van der Waals surface area contributed by atoms with Crippen LogP contribution in [-0.4, -0.2) is 23.5 Å². The molecule has 2 aromatic carbocycles. The normalized spacial score (nSPS) is 22.1. The highest BCUT2D eigenvalue weighted by Gasteiger charge is 2.38. The number of carboxylic acid groups (broad SMARTS) is 1. The summed E-state index contributed by atoms with van der Waals surface area (Å²) in [7, 11) is 0. The first-order valence-electron chi connectivity index (χ1n) is 9.35. The molecule has 2 aliphatic rings. The van der Waals surface area contributed by atoms with Crippen molar-refractivity contribution in [3.63, 3.8) is 0 Å². The predicted octanol–water partition coefficient (Wildman–Crippen LogP) is 3.86. The summed E-state index contributed by atoms with van der Waals surface area (Å²) >= 11 is 0. The number of allylic oxidation sites excluding steroid dienone is 2. The van der Waals surface area contributed by atoms with Crippen molar-refractivity contribution < 1.29 is 19.1 Å². The van der Waals surface area contributed by atoms with Gasteiger partial charge in [0.25, 0.3) is 5.91 Å². The van der Waals surface area contributed by atoms with Crippen LogP contribution in [0.25, 0.3) is 0 Å². The summed E-state index contributed by atoms with van der Waals surface area (Å²) in [4.78, 5) is 23.0. The Hall–Kier alpha value is -3.15. The fourth-order valence-electron chi connectivity index (χ4n) is 4.15. The fourth-order valence-corrected chi connectivity index (χ4v) is 4.15. The molecule has 3 unspecified atom stereocenters. The van der Waals surface area contributed by atoms with Crippen molar-refractivity contribution in [2.75, 3.05) is 11.9 Å². The van der Waals surface area contributed by atoms with E-state index in [0.29, 0.717) is 5.56 Å². The van der Waals surface area contributed by atoms with Gasteiger partial charge in [0.15, 0.2) is 0 Å². The van der Waals surface area contributed by atoms with E-state index >= 15 is 0 Å². The molecule has 1 amide bonds. The van der Waals surface area contributed by atoms with Crippen LogP contribution in [0.1, 0.15) is 46.3 Å². The molecule has 5 nitrogen and oxygen atoms in total. The lowest BCUT2D eigenvalue weighted by Gasteiger charge is -2.37. The van der Waals surface area contributed by atoms with Gasteiger partial charge in [0.05, 0.1) is 12.5 Å². The number of fused-ring (bicyclic) bond motifs is 3. The molecule has 0 bridgehead atoms. The fraction of sp³-hybridized carbons (Fsp3) is 0.273. The van der Waals surface area contributed by atoms with Gasteiger partial charge in [-0.05, 0) is 53.8 Å². The first-order chi connectivity index (χ1) is 13.5. The van der Waals surface area contributed by atoms with Crippen molar-refractivity contribution in [2.24, 2.45) is 5.92 Å². The van der Waals surface area contributed by atoms with Gasteiger partial charge in [-0.15, -0.1) is 0 Å². The van der Waals surface area contributed by atoms with Crippen molar-refractivity contribution in [1.29, 1.82) is 0 Å². The van der Waals surface area contributed by atoms with Crippen LogP contribution in [-0.2, 0) is 4.79 Å². The number of hydrogen-bond acceptors (Lipinski definition) is 3. The molecule has 3 N–H and O–H groups in total. The van der Waals surface area contributed by atoms with Gasteiger partial charge in [-0.2, -0.15) is 0 Å². The highest BCUT2D eigenvalue weighted by Crippen LogP contribution is 2.49. The van der Waals surface area contributed by atoms with E-state index in [1.54, 1.807) is 18.2 Å². The maximum atomic E-state index is 13.7. The smallest absolute Gasteiger partial charge is 0.305 e. The van der Waals surface area contributed by atoms with Gasteiger partial charge in [0, 0.05) is 23.7 Å². The summed E-state index contributed by atoms with van der Waals surface area (Å²) in [5, 5.41) is 14.9. The standard InChI is InChI=1S/C22H21FN2O3/c23-15-4-1-3-13(11-15)21-17-6-2-5-16(17)18-12-14(7-8-19(18)25-21)22(28)24-10-9-20(26)27/h1-5,7-8,11-12,16-17,21,25H,6,9-10H2,(H,24,28)(H,26,27). The molecule has 0 aromatic heterocycles. The monoisotopic (exact) mass is 380 g/mol. The summed E-state index contributed by atoms with van der Waals surface area (Å²) < 4.78 is 13.7. The van der Waals surface area contributed by atoms with Crippen LogP contribution in [0.4, 0.5) is 10.1 Å². The molecular formula is C22H21FN2O3. The molecule has 0 saturated heterocycles. The Morgan fingerprint density at radius 1 is 1.21 bits per heavy atom. The van der Waals surface area contributed by atoms with Gasteiger partial charge in [-0.3, -0.25) is 9.59 Å². The minimum Gasteiger partial charge on any atom is -0.481 e. The number of hydrogen-bond donors (Lipinski definition) is 3. The van der Waals surface area contributed by atoms with Gasteiger partial charge < -0.3 is 15.7 Å². The molecule has 1 heterocycles. The third-order valence-electron chi connectivity index (χ3n) is 5.46. The van der Waals surface area contributed by atoms with Crippen LogP contribution in [0.5, 0.6) is 0 Å². The molecule has 144 valence electrons. The zero-order valence-corrected chi connectivity index (χ0v) is 15.2. The second kappa shape index (κ2) is 7.46. The van der Waals surface area contributed by atoms with E-state index in [0.717, 1.165) is 23.2 Å². The first kappa shape index (κ1) is 18.2. The Morgan fingerprint density at radius 3 is 2.86 bits per heavy atom. The van der Waals surface area contributed by atoms with Crippen molar-refractivity contribution in [3.05, 3.63) is 77.1 Å². The number of halogens is 1. The lowest BCUT2D eigenvalue weighted by molar-refractivity contribution is -0.136.